The minimum atomic E-state index is -3.34. The molecule has 1 atom stereocenters. The molecule has 98 valence electrons. The average molecular weight is 260 g/mol. The molecule has 0 aromatic carbocycles. The van der Waals surface area contributed by atoms with Gasteiger partial charge in [-0.2, -0.15) is 4.31 Å². The van der Waals surface area contributed by atoms with Gasteiger partial charge in [-0.1, -0.05) is 13.8 Å². The van der Waals surface area contributed by atoms with Crippen molar-refractivity contribution in [2.45, 2.75) is 32.1 Å². The summed E-state index contributed by atoms with van der Waals surface area (Å²) in [6.45, 7) is 4.47. The monoisotopic (exact) mass is 260 g/mol. The normalized spacial score (nSPS) is 14.1. The number of rotatable bonds is 7. The lowest BCUT2D eigenvalue weighted by molar-refractivity contribution is 0.370. The van der Waals surface area contributed by atoms with E-state index >= 15 is 0 Å². The summed E-state index contributed by atoms with van der Waals surface area (Å²) in [6, 6.07) is 3.51. The van der Waals surface area contributed by atoms with Crippen LogP contribution in [0.15, 0.2) is 22.8 Å². The van der Waals surface area contributed by atoms with Crippen LogP contribution in [-0.2, 0) is 16.6 Å². The molecule has 1 unspecified atom stereocenters. The number of nitrogens with zero attached hydrogens (tertiary/aromatic N) is 1. The molecule has 6 heteroatoms. The van der Waals surface area contributed by atoms with E-state index in [9.17, 15) is 8.42 Å². The zero-order valence-electron chi connectivity index (χ0n) is 10.3. The first-order valence-electron chi connectivity index (χ1n) is 5.77. The third-order valence-corrected chi connectivity index (χ3v) is 5.24. The summed E-state index contributed by atoms with van der Waals surface area (Å²) in [7, 11) is -3.34. The molecule has 0 radical (unpaired) electrons. The number of hydrogen-bond acceptors (Lipinski definition) is 4. The average Bonchev–Trinajstić information content (AvgIpc) is 2.79. The molecule has 17 heavy (non-hydrogen) atoms. The first-order valence-corrected chi connectivity index (χ1v) is 7.27. The van der Waals surface area contributed by atoms with Gasteiger partial charge in [-0.05, 0) is 18.6 Å². The second-order valence-electron chi connectivity index (χ2n) is 3.82. The Morgan fingerprint density at radius 2 is 2.18 bits per heavy atom. The van der Waals surface area contributed by atoms with Gasteiger partial charge >= 0.3 is 0 Å². The minimum absolute atomic E-state index is 0.146. The van der Waals surface area contributed by atoms with E-state index in [0.717, 1.165) is 0 Å². The van der Waals surface area contributed by atoms with Crippen LogP contribution in [0.2, 0.25) is 0 Å². The van der Waals surface area contributed by atoms with Crippen molar-refractivity contribution in [3.05, 3.63) is 24.2 Å². The maximum Gasteiger partial charge on any atom is 0.218 e. The fourth-order valence-corrected chi connectivity index (χ4v) is 3.42. The Hall–Kier alpha value is -0.850. The molecule has 1 aromatic heterocycles. The Labute approximate surface area is 103 Å². The summed E-state index contributed by atoms with van der Waals surface area (Å²) in [5.41, 5.74) is 5.51. The second-order valence-corrected chi connectivity index (χ2v) is 6.03. The van der Waals surface area contributed by atoms with Gasteiger partial charge in [0.05, 0.1) is 18.1 Å². The van der Waals surface area contributed by atoms with E-state index in [-0.39, 0.29) is 13.1 Å². The zero-order valence-corrected chi connectivity index (χ0v) is 11.1. The van der Waals surface area contributed by atoms with Crippen LogP contribution in [0.25, 0.3) is 0 Å². The second kappa shape index (κ2) is 6.18. The van der Waals surface area contributed by atoms with Crippen molar-refractivity contribution in [3.63, 3.8) is 0 Å². The van der Waals surface area contributed by atoms with Gasteiger partial charge in [0.15, 0.2) is 0 Å². The summed E-state index contributed by atoms with van der Waals surface area (Å²) < 4.78 is 31.1. The molecule has 5 nitrogen and oxygen atoms in total. The van der Waals surface area contributed by atoms with Crippen LogP contribution in [0, 0.1) is 0 Å². The van der Waals surface area contributed by atoms with E-state index in [1.807, 2.05) is 13.8 Å². The van der Waals surface area contributed by atoms with Crippen LogP contribution < -0.4 is 5.73 Å². The smallest absolute Gasteiger partial charge is 0.218 e. The highest BCUT2D eigenvalue weighted by atomic mass is 32.2. The molecule has 0 aliphatic carbocycles. The molecular formula is C11H20N2O3S. The number of nitrogens with two attached hydrogens (primary N) is 1. The largest absolute Gasteiger partial charge is 0.468 e. The van der Waals surface area contributed by atoms with E-state index < -0.39 is 15.3 Å². The molecule has 0 amide bonds. The van der Waals surface area contributed by atoms with Gasteiger partial charge in [-0.25, -0.2) is 8.42 Å². The SMILES string of the molecule is CCC(CN)S(=O)(=O)N(CC)Cc1ccco1. The van der Waals surface area contributed by atoms with Crippen molar-refractivity contribution < 1.29 is 12.8 Å². The van der Waals surface area contributed by atoms with Crippen LogP contribution in [-0.4, -0.2) is 31.1 Å². The molecule has 0 aliphatic rings. The Kier molecular flexibility index (Phi) is 5.17. The fourth-order valence-electron chi connectivity index (χ4n) is 1.67. The molecule has 2 N–H and O–H groups in total. The molecule has 0 aliphatic heterocycles. The summed E-state index contributed by atoms with van der Waals surface area (Å²) in [4.78, 5) is 0. The van der Waals surface area contributed by atoms with Gasteiger partial charge in [0.1, 0.15) is 5.76 Å². The van der Waals surface area contributed by atoms with Gasteiger partial charge in [-0.15, -0.1) is 0 Å². The van der Waals surface area contributed by atoms with Crippen molar-refractivity contribution >= 4 is 10.0 Å². The lowest BCUT2D eigenvalue weighted by Gasteiger charge is -2.24. The number of sulfonamides is 1. The highest BCUT2D eigenvalue weighted by molar-refractivity contribution is 7.89. The highest BCUT2D eigenvalue weighted by Gasteiger charge is 2.29. The number of hydrogen-bond donors (Lipinski definition) is 1. The van der Waals surface area contributed by atoms with Crippen molar-refractivity contribution in [2.24, 2.45) is 5.73 Å². The van der Waals surface area contributed by atoms with E-state index in [1.165, 1.54) is 10.6 Å². The third-order valence-electron chi connectivity index (χ3n) is 2.76. The molecule has 0 saturated heterocycles. The molecule has 0 spiro atoms. The van der Waals surface area contributed by atoms with Crippen molar-refractivity contribution in [1.29, 1.82) is 0 Å². The highest BCUT2D eigenvalue weighted by Crippen LogP contribution is 2.15. The van der Waals surface area contributed by atoms with Gasteiger partial charge in [0.2, 0.25) is 10.0 Å². The molecule has 1 heterocycles. The van der Waals surface area contributed by atoms with E-state index in [2.05, 4.69) is 0 Å². The van der Waals surface area contributed by atoms with E-state index in [0.29, 0.717) is 18.7 Å². The Bertz CT molecular complexity index is 410. The van der Waals surface area contributed by atoms with Crippen LogP contribution >= 0.6 is 0 Å². The first-order chi connectivity index (χ1) is 8.06. The first kappa shape index (κ1) is 14.2. The molecular weight excluding hydrogens is 240 g/mol. The summed E-state index contributed by atoms with van der Waals surface area (Å²) >= 11 is 0. The van der Waals surface area contributed by atoms with Gasteiger partial charge in [0.25, 0.3) is 0 Å². The van der Waals surface area contributed by atoms with Gasteiger partial charge in [0, 0.05) is 13.1 Å². The quantitative estimate of drug-likeness (QED) is 0.798. The van der Waals surface area contributed by atoms with Crippen LogP contribution in [0.3, 0.4) is 0 Å². The van der Waals surface area contributed by atoms with E-state index in [1.54, 1.807) is 12.1 Å². The summed E-state index contributed by atoms with van der Waals surface area (Å²) in [5.74, 6) is 0.641. The van der Waals surface area contributed by atoms with Crippen LogP contribution in [0.1, 0.15) is 26.0 Å². The van der Waals surface area contributed by atoms with Crippen LogP contribution in [0.5, 0.6) is 0 Å². The lowest BCUT2D eigenvalue weighted by atomic mass is 10.3. The topological polar surface area (TPSA) is 76.5 Å². The van der Waals surface area contributed by atoms with Crippen molar-refractivity contribution in [1.82, 2.24) is 4.31 Å². The van der Waals surface area contributed by atoms with Gasteiger partial charge in [-0.3, -0.25) is 0 Å². The zero-order chi connectivity index (χ0) is 12.9. The summed E-state index contributed by atoms with van der Waals surface area (Å²) in [6.07, 6.45) is 2.06. The molecule has 1 aromatic rings. The number of furan rings is 1. The third kappa shape index (κ3) is 3.31. The minimum Gasteiger partial charge on any atom is -0.468 e. The molecule has 0 saturated carbocycles. The Morgan fingerprint density at radius 1 is 1.47 bits per heavy atom. The Morgan fingerprint density at radius 3 is 2.59 bits per heavy atom. The Balaban J connectivity index is 2.86. The maximum absolute atomic E-state index is 12.3. The predicted molar refractivity (Wildman–Crippen MR) is 66.8 cm³/mol. The molecule has 0 fully saturated rings. The molecule has 1 rings (SSSR count). The standard InChI is InChI=1S/C11H20N2O3S/c1-3-11(8-12)17(14,15)13(4-2)9-10-6-5-7-16-10/h5-7,11H,3-4,8-9,12H2,1-2H3. The van der Waals surface area contributed by atoms with Crippen molar-refractivity contribution in [2.75, 3.05) is 13.1 Å². The van der Waals surface area contributed by atoms with Crippen molar-refractivity contribution in [3.8, 4) is 0 Å². The fraction of sp³-hybridized carbons (Fsp3) is 0.636. The predicted octanol–water partition coefficient (Wildman–Crippen LogP) is 1.17. The lowest BCUT2D eigenvalue weighted by Crippen LogP contribution is -2.41. The van der Waals surface area contributed by atoms with E-state index in [4.69, 9.17) is 10.2 Å². The van der Waals surface area contributed by atoms with Crippen LogP contribution in [0.4, 0.5) is 0 Å². The van der Waals surface area contributed by atoms with Gasteiger partial charge < -0.3 is 10.2 Å². The maximum atomic E-state index is 12.3. The molecule has 0 bridgehead atoms. The summed E-state index contributed by atoms with van der Waals surface area (Å²) in [5, 5.41) is -0.516.